The summed E-state index contributed by atoms with van der Waals surface area (Å²) in [6.45, 7) is 5.86. The molecule has 0 aliphatic carbocycles. The molecule has 0 amide bonds. The Morgan fingerprint density at radius 3 is 2.35 bits per heavy atom. The van der Waals surface area contributed by atoms with E-state index in [1.807, 2.05) is 50.2 Å². The van der Waals surface area contributed by atoms with Gasteiger partial charge in [0.15, 0.2) is 5.78 Å². The maximum atomic E-state index is 13.2. The molecule has 1 atom stereocenters. The van der Waals surface area contributed by atoms with Gasteiger partial charge in [-0.3, -0.25) is 9.59 Å². The van der Waals surface area contributed by atoms with Crippen molar-refractivity contribution >= 4 is 11.6 Å². The molecule has 3 rings (SSSR count). The molecule has 1 aliphatic heterocycles. The maximum Gasteiger partial charge on any atom is 0.305 e. The van der Waals surface area contributed by atoms with Gasteiger partial charge in [0.1, 0.15) is 0 Å². The van der Waals surface area contributed by atoms with E-state index in [-0.39, 0.29) is 11.6 Å². The first-order chi connectivity index (χ1) is 12.5. The van der Waals surface area contributed by atoms with Crippen LogP contribution in [0, 0.1) is 19.8 Å². The Kier molecular flexibility index (Phi) is 5.35. The molecule has 1 fully saturated rings. The van der Waals surface area contributed by atoms with Crippen LogP contribution in [0.15, 0.2) is 48.5 Å². The minimum Gasteiger partial charge on any atom is -0.294 e. The summed E-state index contributed by atoms with van der Waals surface area (Å²) in [5.74, 6) is -2.54. The molecule has 1 unspecified atom stereocenters. The van der Waals surface area contributed by atoms with Crippen molar-refractivity contribution in [3.8, 4) is 0 Å². The van der Waals surface area contributed by atoms with E-state index in [1.165, 1.54) is 0 Å². The molecule has 0 saturated carbocycles. The first-order valence-corrected chi connectivity index (χ1v) is 9.07. The highest BCUT2D eigenvalue weighted by molar-refractivity contribution is 6.09. The Morgan fingerprint density at radius 2 is 1.73 bits per heavy atom. The lowest BCUT2D eigenvalue weighted by Crippen LogP contribution is -2.39. The van der Waals surface area contributed by atoms with Crippen molar-refractivity contribution in [1.82, 2.24) is 0 Å². The van der Waals surface area contributed by atoms with Gasteiger partial charge in [-0.1, -0.05) is 67.8 Å². The number of rotatable bonds is 8. The molecule has 1 aliphatic rings. The second kappa shape index (κ2) is 7.52. The Bertz CT molecular complexity index is 806. The monoisotopic (exact) mass is 352 g/mol. The van der Waals surface area contributed by atoms with E-state index < -0.39 is 11.7 Å². The normalized spacial score (nSPS) is 16.1. The molecule has 0 bridgehead atoms. The van der Waals surface area contributed by atoms with Gasteiger partial charge in [0.25, 0.3) is 0 Å². The molecule has 2 aromatic carbocycles. The predicted molar refractivity (Wildman–Crippen MR) is 98.9 cm³/mol. The number of unbranched alkanes of at least 4 members (excludes halogenated alkanes) is 1. The second-order valence-corrected chi connectivity index (χ2v) is 6.91. The van der Waals surface area contributed by atoms with Crippen molar-refractivity contribution in [2.75, 3.05) is 0 Å². The summed E-state index contributed by atoms with van der Waals surface area (Å²) in [6, 6.07) is 14.7. The largest absolute Gasteiger partial charge is 0.305 e. The summed E-state index contributed by atoms with van der Waals surface area (Å²) >= 11 is 0. The summed E-state index contributed by atoms with van der Waals surface area (Å²) in [5, 5.41) is 0. The maximum absolute atomic E-state index is 13.2. The van der Waals surface area contributed by atoms with Crippen LogP contribution in [0.25, 0.3) is 0 Å². The van der Waals surface area contributed by atoms with Gasteiger partial charge >= 0.3 is 5.79 Å². The molecular weight excluding hydrogens is 328 g/mol. The van der Waals surface area contributed by atoms with Crippen LogP contribution < -0.4 is 0 Å². The topological polar surface area (TPSA) is 59.2 Å². The van der Waals surface area contributed by atoms with Gasteiger partial charge in [-0.15, -0.1) is 0 Å². The standard InChI is InChI=1S/C22H24O4/c1-4-5-11-19(20(23)17-9-7-6-8-10-17)22(25-26-22)21(24)18-14-15(2)12-13-16(18)3/h6-10,12-14,19H,4-5,11H2,1-3H3. The predicted octanol–water partition coefficient (Wildman–Crippen LogP) is 4.83. The van der Waals surface area contributed by atoms with Crippen molar-refractivity contribution in [1.29, 1.82) is 0 Å². The van der Waals surface area contributed by atoms with Gasteiger partial charge in [-0.05, 0) is 31.9 Å². The zero-order valence-electron chi connectivity index (χ0n) is 15.5. The van der Waals surface area contributed by atoms with Gasteiger partial charge in [-0.2, -0.15) is 9.78 Å². The molecule has 4 nitrogen and oxygen atoms in total. The van der Waals surface area contributed by atoms with E-state index in [9.17, 15) is 9.59 Å². The second-order valence-electron chi connectivity index (χ2n) is 6.91. The van der Waals surface area contributed by atoms with Crippen molar-refractivity contribution in [2.24, 2.45) is 5.92 Å². The number of Topliss-reactive ketones (excluding diaryl/α,β-unsaturated/α-hetero) is 2. The minimum atomic E-state index is -1.50. The van der Waals surface area contributed by atoms with Gasteiger partial charge in [-0.25, -0.2) is 0 Å². The average molecular weight is 352 g/mol. The van der Waals surface area contributed by atoms with Crippen molar-refractivity contribution in [3.05, 3.63) is 70.8 Å². The lowest BCUT2D eigenvalue weighted by Gasteiger charge is -2.19. The Morgan fingerprint density at radius 1 is 1.04 bits per heavy atom. The van der Waals surface area contributed by atoms with E-state index in [4.69, 9.17) is 9.78 Å². The average Bonchev–Trinajstić information content (AvgIpc) is 3.46. The number of hydrogen-bond acceptors (Lipinski definition) is 4. The highest BCUT2D eigenvalue weighted by Gasteiger charge is 2.64. The van der Waals surface area contributed by atoms with Crippen LogP contribution in [0.2, 0.25) is 0 Å². The highest BCUT2D eigenvalue weighted by Crippen LogP contribution is 2.45. The lowest BCUT2D eigenvalue weighted by molar-refractivity contribution is 0.0685. The molecule has 2 aromatic rings. The number of ketones is 2. The van der Waals surface area contributed by atoms with Gasteiger partial charge in [0.05, 0.1) is 5.92 Å². The zero-order valence-corrected chi connectivity index (χ0v) is 15.5. The minimum absolute atomic E-state index is 0.116. The van der Waals surface area contributed by atoms with E-state index in [0.717, 1.165) is 24.0 Å². The first-order valence-electron chi connectivity index (χ1n) is 9.07. The molecule has 136 valence electrons. The zero-order chi connectivity index (χ0) is 18.7. The summed E-state index contributed by atoms with van der Waals surface area (Å²) in [5.41, 5.74) is 2.94. The smallest absolute Gasteiger partial charge is 0.294 e. The molecule has 1 heterocycles. The molecule has 0 N–H and O–H groups in total. The number of benzene rings is 2. The third-order valence-electron chi connectivity index (χ3n) is 4.90. The Balaban J connectivity index is 1.96. The Labute approximate surface area is 154 Å². The number of carbonyl (C=O) groups is 2. The molecular formula is C22H24O4. The van der Waals surface area contributed by atoms with E-state index in [2.05, 4.69) is 6.92 Å². The summed E-state index contributed by atoms with van der Waals surface area (Å²) in [6.07, 6.45) is 2.28. The van der Waals surface area contributed by atoms with Crippen LogP contribution in [0.3, 0.4) is 0 Å². The summed E-state index contributed by atoms with van der Waals surface area (Å²) in [7, 11) is 0. The Hall–Kier alpha value is -2.30. The first kappa shape index (κ1) is 18.5. The van der Waals surface area contributed by atoms with Crippen molar-refractivity contribution in [2.45, 2.75) is 45.8 Å². The summed E-state index contributed by atoms with van der Waals surface area (Å²) < 4.78 is 0. The highest BCUT2D eigenvalue weighted by atomic mass is 17.4. The summed E-state index contributed by atoms with van der Waals surface area (Å²) in [4.78, 5) is 36.8. The molecule has 0 spiro atoms. The van der Waals surface area contributed by atoms with Crippen LogP contribution in [0.1, 0.15) is 58.0 Å². The fourth-order valence-electron chi connectivity index (χ4n) is 3.27. The van der Waals surface area contributed by atoms with Crippen LogP contribution in [0.5, 0.6) is 0 Å². The quantitative estimate of drug-likeness (QED) is 0.388. The van der Waals surface area contributed by atoms with E-state index in [0.29, 0.717) is 17.5 Å². The van der Waals surface area contributed by atoms with Crippen molar-refractivity contribution < 1.29 is 19.4 Å². The van der Waals surface area contributed by atoms with Crippen LogP contribution in [-0.2, 0) is 9.78 Å². The molecule has 0 radical (unpaired) electrons. The fourth-order valence-corrected chi connectivity index (χ4v) is 3.27. The van der Waals surface area contributed by atoms with E-state index >= 15 is 0 Å². The van der Waals surface area contributed by atoms with Crippen molar-refractivity contribution in [3.63, 3.8) is 0 Å². The molecule has 0 aromatic heterocycles. The van der Waals surface area contributed by atoms with Gasteiger partial charge in [0.2, 0.25) is 5.78 Å². The third-order valence-corrected chi connectivity index (χ3v) is 4.90. The van der Waals surface area contributed by atoms with E-state index in [1.54, 1.807) is 12.1 Å². The molecule has 26 heavy (non-hydrogen) atoms. The SMILES string of the molecule is CCCCC(C(=O)c1ccccc1)C1(C(=O)c2cc(C)ccc2C)OO1. The fraction of sp³-hybridized carbons (Fsp3) is 0.364. The van der Waals surface area contributed by atoms with Gasteiger partial charge in [0, 0.05) is 11.1 Å². The number of carbonyl (C=O) groups excluding carboxylic acids is 2. The lowest BCUT2D eigenvalue weighted by atomic mass is 9.82. The molecule has 4 heteroatoms. The number of hydrogen-bond donors (Lipinski definition) is 0. The number of aryl methyl sites for hydroxylation is 2. The van der Waals surface area contributed by atoms with Gasteiger partial charge < -0.3 is 0 Å². The molecule has 1 saturated heterocycles. The van der Waals surface area contributed by atoms with Crippen LogP contribution in [-0.4, -0.2) is 17.4 Å². The third kappa shape index (κ3) is 3.48. The van der Waals surface area contributed by atoms with Crippen LogP contribution in [0.4, 0.5) is 0 Å². The van der Waals surface area contributed by atoms with Crippen LogP contribution >= 0.6 is 0 Å².